The fourth-order valence-electron chi connectivity index (χ4n) is 6.50. The van der Waals surface area contributed by atoms with Crippen LogP contribution in [0, 0.1) is 17.9 Å². The zero-order valence-corrected chi connectivity index (χ0v) is 23.4. The SMILES string of the molecule is [C-]#[N+]c1cc(-c2ccc3c(c2)sc2ccccc23)cc2c1oc1c(-n3c4ccccc4c4cc(C#N)ccc43)cccc12. The maximum Gasteiger partial charge on any atom is 0.230 e. The van der Waals surface area contributed by atoms with Crippen LogP contribution in [0.5, 0.6) is 0 Å². The Bertz CT molecular complexity index is 2710. The van der Waals surface area contributed by atoms with E-state index in [0.29, 0.717) is 16.8 Å². The highest BCUT2D eigenvalue weighted by Crippen LogP contribution is 2.43. The normalized spacial score (nSPS) is 11.7. The second-order valence-corrected chi connectivity index (χ2v) is 11.8. The van der Waals surface area contributed by atoms with E-state index < -0.39 is 0 Å². The van der Waals surface area contributed by atoms with Crippen LogP contribution in [0.2, 0.25) is 0 Å². The van der Waals surface area contributed by atoms with Crippen LogP contribution in [-0.2, 0) is 0 Å². The molecular formula is C38H19N3OS. The zero-order valence-electron chi connectivity index (χ0n) is 22.6. The third-order valence-electron chi connectivity index (χ3n) is 8.43. The Morgan fingerprint density at radius 3 is 2.30 bits per heavy atom. The fourth-order valence-corrected chi connectivity index (χ4v) is 7.65. The molecule has 9 rings (SSSR count). The van der Waals surface area contributed by atoms with Crippen LogP contribution in [-0.4, -0.2) is 4.57 Å². The molecule has 0 atom stereocenters. The lowest BCUT2D eigenvalue weighted by molar-refractivity contribution is 0.668. The molecule has 9 aromatic rings. The predicted molar refractivity (Wildman–Crippen MR) is 177 cm³/mol. The van der Waals surface area contributed by atoms with Gasteiger partial charge in [-0.2, -0.15) is 5.26 Å². The minimum absolute atomic E-state index is 0.493. The van der Waals surface area contributed by atoms with Gasteiger partial charge in [-0.3, -0.25) is 0 Å². The van der Waals surface area contributed by atoms with E-state index in [1.54, 1.807) is 11.3 Å². The monoisotopic (exact) mass is 565 g/mol. The van der Waals surface area contributed by atoms with Gasteiger partial charge in [0.25, 0.3) is 0 Å². The van der Waals surface area contributed by atoms with Gasteiger partial charge in [-0.15, -0.1) is 11.3 Å². The van der Waals surface area contributed by atoms with Crippen molar-refractivity contribution < 1.29 is 4.42 Å². The second kappa shape index (κ2) is 8.81. The molecule has 0 aliphatic rings. The average molecular weight is 566 g/mol. The number of benzene rings is 6. The quantitative estimate of drug-likeness (QED) is 0.196. The number of nitrogens with zero attached hydrogens (tertiary/aromatic N) is 3. The predicted octanol–water partition coefficient (Wildman–Crippen LogP) is 11.1. The molecule has 0 saturated carbocycles. The molecule has 0 aliphatic heterocycles. The lowest BCUT2D eigenvalue weighted by atomic mass is 10.0. The first kappa shape index (κ1) is 23.8. The highest BCUT2D eigenvalue weighted by Gasteiger charge is 2.20. The summed E-state index contributed by atoms with van der Waals surface area (Å²) in [6, 6.07) is 41.6. The van der Waals surface area contributed by atoms with E-state index in [1.807, 2.05) is 42.5 Å². The van der Waals surface area contributed by atoms with Crippen molar-refractivity contribution >= 4 is 80.9 Å². The highest BCUT2D eigenvalue weighted by molar-refractivity contribution is 7.25. The van der Waals surface area contributed by atoms with Crippen molar-refractivity contribution in [3.63, 3.8) is 0 Å². The molecule has 0 unspecified atom stereocenters. The molecule has 0 aliphatic carbocycles. The topological polar surface area (TPSA) is 46.2 Å². The van der Waals surface area contributed by atoms with Gasteiger partial charge in [-0.1, -0.05) is 60.7 Å². The van der Waals surface area contributed by atoms with Crippen molar-refractivity contribution in [3.8, 4) is 22.9 Å². The Morgan fingerprint density at radius 2 is 1.42 bits per heavy atom. The Balaban J connectivity index is 1.30. The first-order valence-corrected chi connectivity index (χ1v) is 14.8. The molecule has 43 heavy (non-hydrogen) atoms. The molecule has 3 heterocycles. The van der Waals surface area contributed by atoms with Crippen LogP contribution in [0.4, 0.5) is 5.69 Å². The van der Waals surface area contributed by atoms with Crippen LogP contribution in [0.3, 0.4) is 0 Å². The number of hydrogen-bond donors (Lipinski definition) is 0. The summed E-state index contributed by atoms with van der Waals surface area (Å²) < 4.78 is 11.3. The van der Waals surface area contributed by atoms with Gasteiger partial charge in [0.15, 0.2) is 5.58 Å². The smallest absolute Gasteiger partial charge is 0.230 e. The van der Waals surface area contributed by atoms with E-state index in [4.69, 9.17) is 11.0 Å². The molecule has 3 aromatic heterocycles. The van der Waals surface area contributed by atoms with Crippen LogP contribution in [0.1, 0.15) is 5.56 Å². The molecule has 0 spiro atoms. The van der Waals surface area contributed by atoms with Crippen molar-refractivity contribution in [2.45, 2.75) is 0 Å². The highest BCUT2D eigenvalue weighted by atomic mass is 32.1. The number of thiophene rings is 1. The molecule has 0 radical (unpaired) electrons. The van der Waals surface area contributed by atoms with Crippen LogP contribution >= 0.6 is 11.3 Å². The second-order valence-electron chi connectivity index (χ2n) is 10.7. The van der Waals surface area contributed by atoms with Gasteiger partial charge in [-0.25, -0.2) is 4.85 Å². The molecule has 0 fully saturated rings. The molecule has 198 valence electrons. The number of fused-ring (bicyclic) bond motifs is 9. The standard InChI is InChI=1S/C38H19N3OS/c1-40-31-19-24(23-14-15-27-26-8-3-5-12-35(26)43-36(27)20-23)18-30-28-9-6-11-34(38(28)42-37(30)31)41-32-10-4-2-7-25(32)29-17-22(21-39)13-16-33(29)41/h2-20H. The van der Waals surface area contributed by atoms with Gasteiger partial charge < -0.3 is 8.98 Å². The Labute approximate surface area is 249 Å². The summed E-state index contributed by atoms with van der Waals surface area (Å²) in [5.41, 5.74) is 7.43. The summed E-state index contributed by atoms with van der Waals surface area (Å²) in [6.45, 7) is 8.05. The zero-order chi connectivity index (χ0) is 28.7. The minimum Gasteiger partial charge on any atom is -0.465 e. The summed E-state index contributed by atoms with van der Waals surface area (Å²) in [5.74, 6) is 0. The van der Waals surface area contributed by atoms with Gasteiger partial charge in [0.1, 0.15) is 5.58 Å². The largest absolute Gasteiger partial charge is 0.465 e. The van der Waals surface area contributed by atoms with E-state index in [1.165, 1.54) is 20.2 Å². The van der Waals surface area contributed by atoms with Gasteiger partial charge in [0.05, 0.1) is 34.9 Å². The third kappa shape index (κ3) is 3.35. The number of aromatic nitrogens is 1. The van der Waals surface area contributed by atoms with Crippen molar-refractivity contribution in [3.05, 3.63) is 132 Å². The van der Waals surface area contributed by atoms with E-state index in [-0.39, 0.29) is 0 Å². The van der Waals surface area contributed by atoms with Crippen molar-refractivity contribution in [2.75, 3.05) is 0 Å². The molecule has 0 N–H and O–H groups in total. The summed E-state index contributed by atoms with van der Waals surface area (Å²) in [5, 5.41) is 16.1. The third-order valence-corrected chi connectivity index (χ3v) is 9.57. The summed E-state index contributed by atoms with van der Waals surface area (Å²) in [4.78, 5) is 3.91. The van der Waals surface area contributed by atoms with Crippen molar-refractivity contribution in [1.82, 2.24) is 4.57 Å². The van der Waals surface area contributed by atoms with E-state index >= 15 is 0 Å². The van der Waals surface area contributed by atoms with Crippen LogP contribution in [0.15, 0.2) is 120 Å². The summed E-state index contributed by atoms with van der Waals surface area (Å²) >= 11 is 1.79. The maximum atomic E-state index is 9.56. The minimum atomic E-state index is 0.493. The van der Waals surface area contributed by atoms with E-state index in [2.05, 4.69) is 88.3 Å². The van der Waals surface area contributed by atoms with Gasteiger partial charge in [-0.05, 0) is 65.7 Å². The molecule has 5 heteroatoms. The number of furan rings is 1. The molecular weight excluding hydrogens is 547 g/mol. The number of hydrogen-bond acceptors (Lipinski definition) is 3. The Hall–Kier alpha value is -5.88. The van der Waals surface area contributed by atoms with E-state index in [0.717, 1.165) is 55.0 Å². The fraction of sp³-hybridized carbons (Fsp3) is 0. The first-order valence-electron chi connectivity index (χ1n) is 13.9. The van der Waals surface area contributed by atoms with E-state index in [9.17, 15) is 5.26 Å². The van der Waals surface area contributed by atoms with Crippen molar-refractivity contribution in [1.29, 1.82) is 5.26 Å². The first-order chi connectivity index (χ1) is 21.2. The van der Waals surface area contributed by atoms with Gasteiger partial charge in [0.2, 0.25) is 5.69 Å². The number of para-hydroxylation sites is 2. The Morgan fingerprint density at radius 1 is 0.628 bits per heavy atom. The van der Waals surface area contributed by atoms with Gasteiger partial charge in [0, 0.05) is 41.7 Å². The molecule has 0 saturated heterocycles. The molecule has 0 amide bonds. The molecule has 0 bridgehead atoms. The lowest BCUT2D eigenvalue weighted by Crippen LogP contribution is -1.94. The summed E-state index contributed by atoms with van der Waals surface area (Å²) in [7, 11) is 0. The van der Waals surface area contributed by atoms with Crippen LogP contribution in [0.25, 0.3) is 85.6 Å². The van der Waals surface area contributed by atoms with Crippen LogP contribution < -0.4 is 0 Å². The average Bonchev–Trinajstić information content (AvgIpc) is 3.73. The Kier molecular flexibility index (Phi) is 4.87. The maximum absolute atomic E-state index is 9.56. The molecule has 6 aromatic carbocycles. The van der Waals surface area contributed by atoms with Crippen molar-refractivity contribution in [2.24, 2.45) is 0 Å². The lowest BCUT2D eigenvalue weighted by Gasteiger charge is -2.08. The number of nitriles is 1. The summed E-state index contributed by atoms with van der Waals surface area (Å²) in [6.07, 6.45) is 0. The number of rotatable bonds is 2. The van der Waals surface area contributed by atoms with Gasteiger partial charge >= 0.3 is 0 Å². The molecule has 4 nitrogen and oxygen atoms in total.